The Morgan fingerprint density at radius 1 is 1.15 bits per heavy atom. The van der Waals surface area contributed by atoms with Crippen LogP contribution in [0.2, 0.25) is 0 Å². The predicted molar refractivity (Wildman–Crippen MR) is 135 cm³/mol. The quantitative estimate of drug-likeness (QED) is 0.506. The summed E-state index contributed by atoms with van der Waals surface area (Å²) in [5.74, 6) is -0.111. The minimum Gasteiger partial charge on any atom is -0.485 e. The van der Waals surface area contributed by atoms with Crippen molar-refractivity contribution in [3.63, 3.8) is 0 Å². The van der Waals surface area contributed by atoms with Crippen LogP contribution < -0.4 is 10.5 Å². The summed E-state index contributed by atoms with van der Waals surface area (Å²) in [6.45, 7) is 3.24. The van der Waals surface area contributed by atoms with Gasteiger partial charge in [0.25, 0.3) is 5.91 Å². The van der Waals surface area contributed by atoms with E-state index in [1.165, 1.54) is 12.1 Å². The molecule has 8 nitrogen and oxygen atoms in total. The van der Waals surface area contributed by atoms with Gasteiger partial charge in [0.05, 0.1) is 41.3 Å². The van der Waals surface area contributed by atoms with E-state index in [-0.39, 0.29) is 36.1 Å². The first-order valence-electron chi connectivity index (χ1n) is 13.3. The smallest absolute Gasteiger partial charge is 0.416 e. The topological polar surface area (TPSA) is 114 Å². The largest absolute Gasteiger partial charge is 0.485 e. The zero-order valence-electron chi connectivity index (χ0n) is 21.8. The van der Waals surface area contributed by atoms with Gasteiger partial charge in [-0.3, -0.25) is 19.2 Å². The van der Waals surface area contributed by atoms with Gasteiger partial charge in [-0.1, -0.05) is 0 Å². The minimum absolute atomic E-state index is 0.0461. The maximum Gasteiger partial charge on any atom is 0.416 e. The fourth-order valence-electron chi connectivity index (χ4n) is 5.97. The first-order valence-corrected chi connectivity index (χ1v) is 13.3. The number of Topliss-reactive ketones (excluding diaryl/α,β-unsaturated/α-hetero) is 1. The average molecular weight is 544 g/mol. The van der Waals surface area contributed by atoms with E-state index in [9.17, 15) is 28.0 Å². The fraction of sp³-hybridized carbons (Fsp3) is 0.571. The number of halogens is 3. The number of carbonyl (C=O) groups is 2. The third-order valence-electron chi connectivity index (χ3n) is 8.35. The Morgan fingerprint density at radius 3 is 2.33 bits per heavy atom. The number of hydrogen-bond donors (Lipinski definition) is 1. The molecular weight excluding hydrogens is 511 g/mol. The molecule has 39 heavy (non-hydrogen) atoms. The lowest BCUT2D eigenvalue weighted by Crippen LogP contribution is -2.66. The van der Waals surface area contributed by atoms with Gasteiger partial charge in [0, 0.05) is 31.2 Å². The van der Waals surface area contributed by atoms with Crippen molar-refractivity contribution >= 4 is 11.7 Å². The molecule has 1 aliphatic heterocycles. The molecule has 1 amide bonds. The van der Waals surface area contributed by atoms with E-state index in [0.717, 1.165) is 37.8 Å². The molecule has 0 atom stereocenters. The third-order valence-corrected chi connectivity index (χ3v) is 8.35. The summed E-state index contributed by atoms with van der Waals surface area (Å²) in [7, 11) is 0. The van der Waals surface area contributed by atoms with Gasteiger partial charge >= 0.3 is 6.18 Å². The molecule has 0 radical (unpaired) electrons. The van der Waals surface area contributed by atoms with Crippen LogP contribution in [0, 0.1) is 17.2 Å². The highest BCUT2D eigenvalue weighted by Gasteiger charge is 2.47. The van der Waals surface area contributed by atoms with Crippen LogP contribution in [0.25, 0.3) is 0 Å². The van der Waals surface area contributed by atoms with Crippen molar-refractivity contribution in [2.75, 3.05) is 13.1 Å². The van der Waals surface area contributed by atoms with Gasteiger partial charge in [-0.05, 0) is 69.7 Å². The Morgan fingerprint density at radius 2 is 1.79 bits per heavy atom. The molecule has 11 heteroatoms. The number of alkyl halides is 3. The number of nitrogens with two attached hydrogens (primary N) is 1. The Hall–Kier alpha value is -3.39. The summed E-state index contributed by atoms with van der Waals surface area (Å²) < 4.78 is 46.2. The second-order valence-electron chi connectivity index (χ2n) is 11.5. The lowest BCUT2D eigenvalue weighted by Gasteiger charge is -2.53. The van der Waals surface area contributed by atoms with Crippen LogP contribution in [0.4, 0.5) is 13.2 Å². The third kappa shape index (κ3) is 5.66. The molecular formula is C28H32F3N5O3. The van der Waals surface area contributed by atoms with Gasteiger partial charge in [-0.15, -0.1) is 0 Å². The molecule has 1 aromatic heterocycles. The molecule has 1 aromatic carbocycles. The van der Waals surface area contributed by atoms with Gasteiger partial charge < -0.3 is 10.5 Å². The highest BCUT2D eigenvalue weighted by molar-refractivity contribution is 5.95. The number of primary amides is 1. The van der Waals surface area contributed by atoms with Crippen LogP contribution >= 0.6 is 0 Å². The first kappa shape index (κ1) is 27.2. The van der Waals surface area contributed by atoms with Crippen molar-refractivity contribution in [1.82, 2.24) is 14.7 Å². The minimum atomic E-state index is -4.38. The molecule has 2 aromatic rings. The number of likely N-dealkylation sites (tertiary alicyclic amines) is 1. The second-order valence-corrected chi connectivity index (χ2v) is 11.5. The molecule has 208 valence electrons. The van der Waals surface area contributed by atoms with Crippen molar-refractivity contribution in [3.8, 4) is 11.8 Å². The lowest BCUT2D eigenvalue weighted by molar-refractivity contribution is -0.137. The number of hydrogen-bond acceptors (Lipinski definition) is 6. The molecule has 0 bridgehead atoms. The molecule has 5 rings (SSSR count). The summed E-state index contributed by atoms with van der Waals surface area (Å²) >= 11 is 0. The standard InChI is InChI=1S/C28H32F3N5O3/c1-26(39-21-6-4-19(5-7-21)28(29,30)31)16-35(17-26)20-8-10-27(11-9-20,12-13-32)36-15-22(25(33)38)23(34-36)14-24(37)18-2-3-18/h4-7,15,18,20H,2-3,8-12,14,16-17H2,1H3,(H2,33,38). The monoisotopic (exact) mass is 543 g/mol. The fourth-order valence-corrected chi connectivity index (χ4v) is 5.97. The average Bonchev–Trinajstić information content (AvgIpc) is 3.63. The maximum atomic E-state index is 12.8. The van der Waals surface area contributed by atoms with Crippen molar-refractivity contribution in [2.45, 2.75) is 81.6 Å². The SMILES string of the molecule is CC1(Oc2ccc(C(F)(F)F)cc2)CN(C2CCC(CC#N)(n3cc(C(N)=O)c(CC(=O)C4CC4)n3)CC2)C1. The van der Waals surface area contributed by atoms with E-state index in [1.54, 1.807) is 10.9 Å². The Kier molecular flexibility index (Phi) is 6.95. The summed E-state index contributed by atoms with van der Waals surface area (Å²) in [5.41, 5.74) is 4.44. The van der Waals surface area contributed by atoms with E-state index in [0.29, 0.717) is 37.4 Å². The predicted octanol–water partition coefficient (Wildman–Crippen LogP) is 4.23. The van der Waals surface area contributed by atoms with Crippen LogP contribution in [0.1, 0.15) is 73.5 Å². The van der Waals surface area contributed by atoms with Crippen LogP contribution in [0.3, 0.4) is 0 Å². The molecule has 0 spiro atoms. The van der Waals surface area contributed by atoms with E-state index < -0.39 is 28.8 Å². The zero-order valence-corrected chi connectivity index (χ0v) is 21.8. The van der Waals surface area contributed by atoms with Crippen molar-refractivity contribution < 1.29 is 27.5 Å². The van der Waals surface area contributed by atoms with Gasteiger partial charge in [0.15, 0.2) is 0 Å². The molecule has 3 aliphatic rings. The zero-order chi connectivity index (χ0) is 28.0. The van der Waals surface area contributed by atoms with Crippen LogP contribution in [-0.4, -0.2) is 51.1 Å². The highest BCUT2D eigenvalue weighted by atomic mass is 19.4. The second kappa shape index (κ2) is 9.97. The van der Waals surface area contributed by atoms with E-state index in [1.807, 2.05) is 6.92 Å². The normalized spacial score (nSPS) is 24.9. The number of carbonyl (C=O) groups excluding carboxylic acids is 2. The molecule has 2 N–H and O–H groups in total. The maximum absolute atomic E-state index is 12.8. The van der Waals surface area contributed by atoms with E-state index in [4.69, 9.17) is 10.5 Å². The molecule has 0 unspecified atom stereocenters. The number of benzene rings is 1. The summed E-state index contributed by atoms with van der Waals surface area (Å²) in [6, 6.07) is 7.30. The number of ketones is 1. The Bertz CT molecular complexity index is 1280. The van der Waals surface area contributed by atoms with Gasteiger partial charge in [-0.2, -0.15) is 23.5 Å². The van der Waals surface area contributed by atoms with Crippen LogP contribution in [-0.2, 0) is 22.9 Å². The van der Waals surface area contributed by atoms with E-state index >= 15 is 0 Å². The van der Waals surface area contributed by atoms with Crippen LogP contribution in [0.5, 0.6) is 5.75 Å². The van der Waals surface area contributed by atoms with Crippen LogP contribution in [0.15, 0.2) is 30.5 Å². The first-order chi connectivity index (χ1) is 18.4. The molecule has 3 fully saturated rings. The summed E-state index contributed by atoms with van der Waals surface area (Å²) in [6.07, 6.45) is 2.23. The van der Waals surface area contributed by atoms with Gasteiger partial charge in [0.1, 0.15) is 17.1 Å². The number of nitrogens with zero attached hydrogens (tertiary/aromatic N) is 4. The van der Waals surface area contributed by atoms with Crippen molar-refractivity contribution in [1.29, 1.82) is 5.26 Å². The lowest BCUT2D eigenvalue weighted by atomic mass is 9.76. The van der Waals surface area contributed by atoms with Crippen molar-refractivity contribution in [2.24, 2.45) is 11.7 Å². The summed E-state index contributed by atoms with van der Waals surface area (Å²) in [4.78, 5) is 26.8. The Balaban J connectivity index is 1.21. The number of amides is 1. The van der Waals surface area contributed by atoms with Gasteiger partial charge in [0.2, 0.25) is 0 Å². The molecule has 2 heterocycles. The molecule has 2 saturated carbocycles. The molecule has 1 saturated heterocycles. The van der Waals surface area contributed by atoms with Gasteiger partial charge in [-0.25, -0.2) is 0 Å². The number of nitriles is 1. The number of rotatable bonds is 9. The van der Waals surface area contributed by atoms with Crippen molar-refractivity contribution in [3.05, 3.63) is 47.3 Å². The number of ether oxygens (including phenoxy) is 1. The van der Waals surface area contributed by atoms with E-state index in [2.05, 4.69) is 16.1 Å². The highest BCUT2D eigenvalue weighted by Crippen LogP contribution is 2.42. The Labute approximate surface area is 224 Å². The molecule has 2 aliphatic carbocycles. The number of aromatic nitrogens is 2. The summed E-state index contributed by atoms with van der Waals surface area (Å²) in [5, 5.41) is 14.3.